The smallest absolute Gasteiger partial charge is 0.290 e. The molecule has 0 saturated carbocycles. The Morgan fingerprint density at radius 3 is 3.00 bits per heavy atom. The van der Waals surface area contributed by atoms with Gasteiger partial charge >= 0.3 is 0 Å². The summed E-state index contributed by atoms with van der Waals surface area (Å²) in [5.74, 6) is 0.980. The molecule has 0 radical (unpaired) electrons. The summed E-state index contributed by atoms with van der Waals surface area (Å²) >= 11 is 0. The Balaban J connectivity index is 1.80. The van der Waals surface area contributed by atoms with Crippen molar-refractivity contribution in [1.29, 1.82) is 0 Å². The van der Waals surface area contributed by atoms with Crippen molar-refractivity contribution < 1.29 is 9.53 Å². The fraction of sp³-hybridized carbons (Fsp3) is 0.333. The van der Waals surface area contributed by atoms with Crippen molar-refractivity contribution in [2.24, 2.45) is 0 Å². The van der Waals surface area contributed by atoms with Crippen LogP contribution in [0.1, 0.15) is 12.8 Å². The topological polar surface area (TPSA) is 70.2 Å². The number of carbonyl (C=O) groups excluding carboxylic acids is 1. The molecule has 0 unspecified atom stereocenters. The number of fused-ring (bicyclic) bond motifs is 1. The van der Waals surface area contributed by atoms with Crippen LogP contribution in [0.3, 0.4) is 0 Å². The van der Waals surface area contributed by atoms with Gasteiger partial charge in [-0.3, -0.25) is 4.79 Å². The molecular formula is C15H18N4O2. The van der Waals surface area contributed by atoms with E-state index in [1.165, 1.54) is 0 Å². The van der Waals surface area contributed by atoms with Gasteiger partial charge in [-0.25, -0.2) is 4.98 Å². The second-order valence-corrected chi connectivity index (χ2v) is 5.20. The Bertz CT molecular complexity index is 703. The summed E-state index contributed by atoms with van der Waals surface area (Å²) in [6.07, 6.45) is 3.68. The second-order valence-electron chi connectivity index (χ2n) is 5.20. The fourth-order valence-electron chi connectivity index (χ4n) is 2.19. The monoisotopic (exact) mass is 286 g/mol. The number of nitrogens with one attached hydrogen (secondary N) is 2. The van der Waals surface area contributed by atoms with Gasteiger partial charge in [0, 0.05) is 19.8 Å². The van der Waals surface area contributed by atoms with Crippen LogP contribution in [-0.2, 0) is 9.53 Å². The Kier molecular flexibility index (Phi) is 3.51. The SMILES string of the molecule is CN(C)c1nc2ccc(NC(=O)C3=CCCCO3)cc2[nH]1. The van der Waals surface area contributed by atoms with Gasteiger partial charge in [0.2, 0.25) is 5.95 Å². The number of nitrogens with zero attached hydrogens (tertiary/aromatic N) is 2. The maximum atomic E-state index is 12.1. The minimum atomic E-state index is -0.207. The number of anilines is 2. The summed E-state index contributed by atoms with van der Waals surface area (Å²) in [5.41, 5.74) is 2.47. The van der Waals surface area contributed by atoms with Crippen molar-refractivity contribution in [2.75, 3.05) is 30.9 Å². The summed E-state index contributed by atoms with van der Waals surface area (Å²) in [4.78, 5) is 21.6. The van der Waals surface area contributed by atoms with Gasteiger partial charge in [-0.2, -0.15) is 0 Å². The van der Waals surface area contributed by atoms with E-state index in [1.807, 2.05) is 43.3 Å². The van der Waals surface area contributed by atoms with Crippen LogP contribution in [0, 0.1) is 0 Å². The summed E-state index contributed by atoms with van der Waals surface area (Å²) < 4.78 is 5.36. The zero-order valence-electron chi connectivity index (χ0n) is 12.1. The van der Waals surface area contributed by atoms with Crippen LogP contribution in [0.4, 0.5) is 11.6 Å². The predicted molar refractivity (Wildman–Crippen MR) is 82.3 cm³/mol. The molecule has 1 aromatic heterocycles. The zero-order chi connectivity index (χ0) is 14.8. The van der Waals surface area contributed by atoms with Crippen molar-refractivity contribution in [1.82, 2.24) is 9.97 Å². The lowest BCUT2D eigenvalue weighted by Gasteiger charge is -2.14. The lowest BCUT2D eigenvalue weighted by Crippen LogP contribution is -2.18. The number of hydrogen-bond acceptors (Lipinski definition) is 4. The average molecular weight is 286 g/mol. The molecule has 6 heteroatoms. The third-order valence-electron chi connectivity index (χ3n) is 3.31. The van der Waals surface area contributed by atoms with Gasteiger partial charge in [0.05, 0.1) is 17.6 Å². The highest BCUT2D eigenvalue weighted by atomic mass is 16.5. The molecular weight excluding hydrogens is 268 g/mol. The molecule has 2 heterocycles. The number of allylic oxidation sites excluding steroid dienone is 1. The molecule has 0 fully saturated rings. The first-order valence-corrected chi connectivity index (χ1v) is 6.95. The molecule has 6 nitrogen and oxygen atoms in total. The summed E-state index contributed by atoms with van der Waals surface area (Å²) in [6, 6.07) is 5.59. The predicted octanol–water partition coefficient (Wildman–Crippen LogP) is 2.26. The van der Waals surface area contributed by atoms with Crippen LogP contribution in [0.5, 0.6) is 0 Å². The molecule has 0 atom stereocenters. The number of aromatic nitrogens is 2. The van der Waals surface area contributed by atoms with Gasteiger partial charge in [0.25, 0.3) is 5.91 Å². The molecule has 0 saturated heterocycles. The number of H-pyrrole nitrogens is 1. The molecule has 3 rings (SSSR count). The molecule has 1 aliphatic heterocycles. The van der Waals surface area contributed by atoms with Gasteiger partial charge < -0.3 is 19.9 Å². The van der Waals surface area contributed by atoms with E-state index < -0.39 is 0 Å². The van der Waals surface area contributed by atoms with Crippen LogP contribution in [0.2, 0.25) is 0 Å². The first-order chi connectivity index (χ1) is 10.1. The molecule has 0 aliphatic carbocycles. The van der Waals surface area contributed by atoms with Crippen molar-refractivity contribution in [3.8, 4) is 0 Å². The van der Waals surface area contributed by atoms with Crippen LogP contribution >= 0.6 is 0 Å². The molecule has 1 amide bonds. The summed E-state index contributed by atoms with van der Waals surface area (Å²) in [6.45, 7) is 0.602. The van der Waals surface area contributed by atoms with Crippen molar-refractivity contribution >= 4 is 28.6 Å². The lowest BCUT2D eigenvalue weighted by atomic mass is 10.2. The molecule has 1 aliphatic rings. The van der Waals surface area contributed by atoms with Crippen LogP contribution in [-0.4, -0.2) is 36.6 Å². The maximum Gasteiger partial charge on any atom is 0.290 e. The first-order valence-electron chi connectivity index (χ1n) is 6.95. The quantitative estimate of drug-likeness (QED) is 0.908. The normalized spacial score (nSPS) is 14.5. The van der Waals surface area contributed by atoms with Gasteiger partial charge in [-0.1, -0.05) is 0 Å². The van der Waals surface area contributed by atoms with E-state index in [1.54, 1.807) is 0 Å². The number of amides is 1. The average Bonchev–Trinajstić information content (AvgIpc) is 2.91. The second kappa shape index (κ2) is 5.47. The lowest BCUT2D eigenvalue weighted by molar-refractivity contribution is -0.116. The van der Waals surface area contributed by atoms with E-state index in [2.05, 4.69) is 15.3 Å². The number of hydrogen-bond donors (Lipinski definition) is 2. The number of ether oxygens (including phenoxy) is 1. The zero-order valence-corrected chi connectivity index (χ0v) is 12.1. The number of rotatable bonds is 3. The Morgan fingerprint density at radius 2 is 2.29 bits per heavy atom. The molecule has 0 spiro atoms. The van der Waals surface area contributed by atoms with Gasteiger partial charge in [0.15, 0.2) is 5.76 Å². The minimum absolute atomic E-state index is 0.207. The molecule has 2 N–H and O–H groups in total. The number of imidazole rings is 1. The summed E-state index contributed by atoms with van der Waals surface area (Å²) in [7, 11) is 3.85. The van der Waals surface area contributed by atoms with Crippen molar-refractivity contribution in [2.45, 2.75) is 12.8 Å². The van der Waals surface area contributed by atoms with Crippen molar-refractivity contribution in [3.05, 3.63) is 30.0 Å². The standard InChI is InChI=1S/C15H18N4O2/c1-19(2)15-17-11-7-6-10(9-12(11)18-15)16-14(20)13-5-3-4-8-21-13/h5-7,9H,3-4,8H2,1-2H3,(H,16,20)(H,17,18). The number of benzene rings is 1. The van der Waals surface area contributed by atoms with E-state index in [9.17, 15) is 4.79 Å². The Hall–Kier alpha value is -2.50. The van der Waals surface area contributed by atoms with Crippen LogP contribution < -0.4 is 10.2 Å². The number of carbonyl (C=O) groups is 1. The van der Waals surface area contributed by atoms with Crippen LogP contribution in [0.15, 0.2) is 30.0 Å². The van der Waals surface area contributed by atoms with E-state index in [4.69, 9.17) is 4.74 Å². The highest BCUT2D eigenvalue weighted by Gasteiger charge is 2.14. The highest BCUT2D eigenvalue weighted by Crippen LogP contribution is 2.21. The number of aromatic amines is 1. The highest BCUT2D eigenvalue weighted by molar-refractivity contribution is 6.03. The van der Waals surface area contributed by atoms with Gasteiger partial charge in [-0.15, -0.1) is 0 Å². The van der Waals surface area contributed by atoms with Crippen LogP contribution in [0.25, 0.3) is 11.0 Å². The largest absolute Gasteiger partial charge is 0.488 e. The molecule has 21 heavy (non-hydrogen) atoms. The van der Waals surface area contributed by atoms with E-state index in [0.717, 1.165) is 35.5 Å². The third kappa shape index (κ3) is 2.84. The molecule has 110 valence electrons. The van der Waals surface area contributed by atoms with E-state index in [0.29, 0.717) is 12.4 Å². The molecule has 2 aromatic rings. The minimum Gasteiger partial charge on any atom is -0.488 e. The van der Waals surface area contributed by atoms with Crippen molar-refractivity contribution in [3.63, 3.8) is 0 Å². The Morgan fingerprint density at radius 1 is 1.43 bits per heavy atom. The third-order valence-corrected chi connectivity index (χ3v) is 3.31. The fourth-order valence-corrected chi connectivity index (χ4v) is 2.19. The Labute approximate surface area is 122 Å². The van der Waals surface area contributed by atoms with Gasteiger partial charge in [0.1, 0.15) is 0 Å². The molecule has 1 aromatic carbocycles. The van der Waals surface area contributed by atoms with E-state index in [-0.39, 0.29) is 5.91 Å². The summed E-state index contributed by atoms with van der Waals surface area (Å²) in [5, 5.41) is 2.85. The van der Waals surface area contributed by atoms with E-state index >= 15 is 0 Å². The van der Waals surface area contributed by atoms with Gasteiger partial charge in [-0.05, 0) is 37.1 Å². The molecule has 0 bridgehead atoms. The first kappa shape index (κ1) is 13.5. The maximum absolute atomic E-state index is 12.1.